The van der Waals surface area contributed by atoms with Crippen LogP contribution in [-0.2, 0) is 20.9 Å². The molecule has 0 aliphatic rings. The fraction of sp³-hybridized carbons (Fsp3) is 0.333. The van der Waals surface area contributed by atoms with E-state index in [1.807, 2.05) is 0 Å². The lowest BCUT2D eigenvalue weighted by Gasteiger charge is -2.11. The molecule has 0 bridgehead atoms. The first kappa shape index (κ1) is 15.3. The molecule has 0 aliphatic heterocycles. The Hall–Kier alpha value is -0.800. The summed E-state index contributed by atoms with van der Waals surface area (Å²) in [5.41, 5.74) is 0.391. The van der Waals surface area contributed by atoms with Crippen molar-refractivity contribution in [2.45, 2.75) is 13.0 Å². The van der Waals surface area contributed by atoms with Crippen molar-refractivity contribution in [1.82, 2.24) is 0 Å². The van der Waals surface area contributed by atoms with Gasteiger partial charge in [0.1, 0.15) is 5.75 Å². The molecule has 4 nitrogen and oxygen atoms in total. The minimum absolute atomic E-state index is 0.0504. The molecule has 0 N–H and O–H groups in total. The third kappa shape index (κ3) is 5.69. The summed E-state index contributed by atoms with van der Waals surface area (Å²) in [4.78, 5) is 0. The minimum atomic E-state index is -4.78. The number of halogens is 4. The number of rotatable bonds is 4. The summed E-state index contributed by atoms with van der Waals surface area (Å²) in [6.45, 7) is -0.260. The lowest BCUT2D eigenvalue weighted by Crippen LogP contribution is -2.17. The molecule has 102 valence electrons. The summed E-state index contributed by atoms with van der Waals surface area (Å²) in [6.07, 6.45) is -3.91. The molecule has 0 saturated heterocycles. The van der Waals surface area contributed by atoms with Crippen molar-refractivity contribution in [3.8, 4) is 5.75 Å². The van der Waals surface area contributed by atoms with Crippen molar-refractivity contribution >= 4 is 26.0 Å². The molecule has 0 atom stereocenters. The van der Waals surface area contributed by atoms with E-state index >= 15 is 0 Å². The van der Waals surface area contributed by atoms with E-state index in [1.54, 1.807) is 0 Å². The van der Waals surface area contributed by atoms with Crippen molar-refractivity contribution < 1.29 is 30.5 Å². The molecule has 18 heavy (non-hydrogen) atoms. The number of benzene rings is 1. The van der Waals surface area contributed by atoms with Crippen LogP contribution in [-0.4, -0.2) is 21.0 Å². The van der Waals surface area contributed by atoms with Gasteiger partial charge in [0, 0.05) is 0 Å². The summed E-state index contributed by atoms with van der Waals surface area (Å²) >= 11 is 2.89. The van der Waals surface area contributed by atoms with Crippen LogP contribution in [0.2, 0.25) is 0 Å². The molecule has 0 spiro atoms. The van der Waals surface area contributed by atoms with Gasteiger partial charge in [-0.05, 0) is 33.6 Å². The molecule has 1 aromatic carbocycles. The van der Waals surface area contributed by atoms with Crippen LogP contribution in [0, 0.1) is 0 Å². The normalized spacial score (nSPS) is 12.5. The van der Waals surface area contributed by atoms with Crippen molar-refractivity contribution in [2.75, 3.05) is 6.26 Å². The zero-order valence-corrected chi connectivity index (χ0v) is 11.4. The summed E-state index contributed by atoms with van der Waals surface area (Å²) in [5, 5.41) is 0. The maximum atomic E-state index is 12.0. The van der Waals surface area contributed by atoms with Gasteiger partial charge >= 0.3 is 6.36 Å². The molecule has 0 amide bonds. The lowest BCUT2D eigenvalue weighted by molar-refractivity contribution is -0.274. The van der Waals surface area contributed by atoms with Crippen LogP contribution >= 0.6 is 15.9 Å². The first-order valence-electron chi connectivity index (χ1n) is 4.45. The molecule has 0 aliphatic carbocycles. The van der Waals surface area contributed by atoms with E-state index in [4.69, 9.17) is 0 Å². The highest BCUT2D eigenvalue weighted by molar-refractivity contribution is 9.10. The van der Waals surface area contributed by atoms with Crippen molar-refractivity contribution in [2.24, 2.45) is 0 Å². The summed E-state index contributed by atoms with van der Waals surface area (Å²) in [7, 11) is -3.60. The third-order valence-electron chi connectivity index (χ3n) is 1.66. The second-order valence-corrected chi connectivity index (χ2v) is 5.78. The van der Waals surface area contributed by atoms with Gasteiger partial charge in [-0.25, -0.2) is 0 Å². The van der Waals surface area contributed by atoms with E-state index < -0.39 is 22.2 Å². The van der Waals surface area contributed by atoms with Crippen LogP contribution in [0.25, 0.3) is 0 Å². The van der Waals surface area contributed by atoms with E-state index in [9.17, 15) is 21.6 Å². The van der Waals surface area contributed by atoms with Crippen LogP contribution < -0.4 is 4.74 Å². The molecule has 0 radical (unpaired) electrons. The molecule has 1 aromatic rings. The molecular weight excluding hydrogens is 341 g/mol. The van der Waals surface area contributed by atoms with E-state index in [-0.39, 0.29) is 11.1 Å². The maximum Gasteiger partial charge on any atom is 0.573 e. The van der Waals surface area contributed by atoms with Gasteiger partial charge < -0.3 is 4.74 Å². The van der Waals surface area contributed by atoms with Crippen LogP contribution in [0.15, 0.2) is 22.7 Å². The van der Waals surface area contributed by atoms with Crippen LogP contribution in [0.1, 0.15) is 5.56 Å². The minimum Gasteiger partial charge on any atom is -0.405 e. The van der Waals surface area contributed by atoms with Gasteiger partial charge in [-0.1, -0.05) is 6.07 Å². The Kier molecular flexibility index (Phi) is 4.62. The largest absolute Gasteiger partial charge is 0.573 e. The maximum absolute atomic E-state index is 12.0. The van der Waals surface area contributed by atoms with Crippen LogP contribution in [0.5, 0.6) is 5.75 Å². The van der Waals surface area contributed by atoms with E-state index in [1.165, 1.54) is 12.1 Å². The number of hydrogen-bond donors (Lipinski definition) is 0. The predicted molar refractivity (Wildman–Crippen MR) is 60.5 cm³/mol. The smallest absolute Gasteiger partial charge is 0.405 e. The van der Waals surface area contributed by atoms with E-state index in [2.05, 4.69) is 24.8 Å². The van der Waals surface area contributed by atoms with Crippen molar-refractivity contribution in [3.63, 3.8) is 0 Å². The molecule has 9 heteroatoms. The second-order valence-electron chi connectivity index (χ2n) is 3.28. The zero-order valence-electron chi connectivity index (χ0n) is 8.99. The Morgan fingerprint density at radius 2 is 1.94 bits per heavy atom. The topological polar surface area (TPSA) is 52.6 Å². The van der Waals surface area contributed by atoms with Gasteiger partial charge in [-0.2, -0.15) is 8.42 Å². The Labute approximate surface area is 110 Å². The number of ether oxygens (including phenoxy) is 1. The Bertz CT molecular complexity index is 527. The lowest BCUT2D eigenvalue weighted by atomic mass is 10.2. The Morgan fingerprint density at radius 3 is 2.39 bits per heavy atom. The van der Waals surface area contributed by atoms with Gasteiger partial charge in [-0.15, -0.1) is 13.2 Å². The average molecular weight is 349 g/mol. The first-order chi connectivity index (χ1) is 8.07. The monoisotopic (exact) mass is 348 g/mol. The fourth-order valence-electron chi connectivity index (χ4n) is 1.02. The molecule has 0 aromatic heterocycles. The van der Waals surface area contributed by atoms with E-state index in [0.717, 1.165) is 12.3 Å². The number of alkyl halides is 3. The summed E-state index contributed by atoms with van der Waals surface area (Å²) in [5.74, 6) is -0.411. The zero-order chi connectivity index (χ0) is 14.0. The van der Waals surface area contributed by atoms with Crippen molar-refractivity contribution in [3.05, 3.63) is 28.2 Å². The molecule has 1 rings (SSSR count). The van der Waals surface area contributed by atoms with Crippen LogP contribution in [0.4, 0.5) is 13.2 Å². The van der Waals surface area contributed by atoms with Gasteiger partial charge in [-0.3, -0.25) is 4.18 Å². The Morgan fingerprint density at radius 1 is 1.33 bits per heavy atom. The van der Waals surface area contributed by atoms with Gasteiger partial charge in [0.05, 0.1) is 17.3 Å². The van der Waals surface area contributed by atoms with Gasteiger partial charge in [0.15, 0.2) is 0 Å². The second kappa shape index (κ2) is 5.45. The Balaban J connectivity index is 2.80. The average Bonchev–Trinajstić information content (AvgIpc) is 2.15. The van der Waals surface area contributed by atoms with Gasteiger partial charge in [0.2, 0.25) is 0 Å². The summed E-state index contributed by atoms with van der Waals surface area (Å²) in [6, 6.07) is 3.63. The highest BCUT2D eigenvalue weighted by atomic mass is 79.9. The van der Waals surface area contributed by atoms with Crippen LogP contribution in [0.3, 0.4) is 0 Å². The highest BCUT2D eigenvalue weighted by Gasteiger charge is 2.31. The quantitative estimate of drug-likeness (QED) is 0.785. The molecule has 0 heterocycles. The van der Waals surface area contributed by atoms with Crippen molar-refractivity contribution in [1.29, 1.82) is 0 Å². The highest BCUT2D eigenvalue weighted by Crippen LogP contribution is 2.31. The SMILES string of the molecule is CS(=O)(=O)OCc1ccc(OC(F)(F)F)c(Br)c1. The molecule has 0 unspecified atom stereocenters. The molecular formula is C9H8BrF3O4S. The predicted octanol–water partition coefficient (Wildman–Crippen LogP) is 2.82. The molecule has 0 saturated carbocycles. The standard InChI is InChI=1S/C9H8BrF3O4S/c1-18(14,15)16-5-6-2-3-8(7(10)4-6)17-9(11,12)13/h2-4H,5H2,1H3. The summed E-state index contributed by atoms with van der Waals surface area (Å²) < 4.78 is 65.7. The third-order valence-corrected chi connectivity index (χ3v) is 2.83. The van der Waals surface area contributed by atoms with Gasteiger partial charge in [0.25, 0.3) is 10.1 Å². The first-order valence-corrected chi connectivity index (χ1v) is 7.06. The molecule has 0 fully saturated rings. The van der Waals surface area contributed by atoms with E-state index in [0.29, 0.717) is 5.56 Å². The number of hydrogen-bond acceptors (Lipinski definition) is 4. The fourth-order valence-corrected chi connectivity index (χ4v) is 1.87.